The lowest BCUT2D eigenvalue weighted by molar-refractivity contribution is 0.278. The highest BCUT2D eigenvalue weighted by atomic mass is 79.9. The summed E-state index contributed by atoms with van der Waals surface area (Å²) in [5.41, 5.74) is 5.95. The molecule has 0 unspecified atom stereocenters. The molecule has 2 N–H and O–H groups in total. The van der Waals surface area contributed by atoms with Crippen LogP contribution < -0.4 is 10.5 Å². The second-order valence-corrected chi connectivity index (χ2v) is 5.96. The fourth-order valence-corrected chi connectivity index (χ4v) is 1.95. The fraction of sp³-hybridized carbons (Fsp3) is 0.571. The number of hydrogen-bond donors (Lipinski definition) is 1. The van der Waals surface area contributed by atoms with Gasteiger partial charge in [0.25, 0.3) is 0 Å². The molecule has 0 saturated carbocycles. The third kappa shape index (κ3) is 5.55. The predicted octanol–water partition coefficient (Wildman–Crippen LogP) is 3.98. The molecule has 0 aromatic heterocycles. The van der Waals surface area contributed by atoms with Crippen molar-refractivity contribution in [1.29, 1.82) is 0 Å². The monoisotopic (exact) mass is 299 g/mol. The van der Waals surface area contributed by atoms with E-state index in [1.165, 1.54) is 0 Å². The highest BCUT2D eigenvalue weighted by Gasteiger charge is 2.14. The zero-order valence-electron chi connectivity index (χ0n) is 10.7. The summed E-state index contributed by atoms with van der Waals surface area (Å²) in [7, 11) is 0. The zero-order chi connectivity index (χ0) is 12.7. The van der Waals surface area contributed by atoms with Crippen LogP contribution in [0, 0.1) is 5.41 Å². The number of para-hydroxylation sites is 1. The van der Waals surface area contributed by atoms with Crippen molar-refractivity contribution in [2.75, 3.05) is 13.2 Å². The van der Waals surface area contributed by atoms with Crippen molar-refractivity contribution in [2.24, 2.45) is 11.1 Å². The summed E-state index contributed by atoms with van der Waals surface area (Å²) in [6, 6.07) is 7.94. The second-order valence-electron chi connectivity index (χ2n) is 5.10. The Morgan fingerprint density at radius 1 is 1.24 bits per heavy atom. The molecule has 0 heterocycles. The first kappa shape index (κ1) is 14.5. The molecule has 3 heteroatoms. The molecule has 17 heavy (non-hydrogen) atoms. The van der Waals surface area contributed by atoms with Gasteiger partial charge < -0.3 is 10.5 Å². The fourth-order valence-electron chi connectivity index (χ4n) is 1.55. The summed E-state index contributed by atoms with van der Waals surface area (Å²) >= 11 is 3.47. The summed E-state index contributed by atoms with van der Waals surface area (Å²) in [6.45, 7) is 5.94. The van der Waals surface area contributed by atoms with Gasteiger partial charge in [-0.2, -0.15) is 0 Å². The van der Waals surface area contributed by atoms with Gasteiger partial charge in [-0.3, -0.25) is 0 Å². The van der Waals surface area contributed by atoms with Crippen LogP contribution in [0.4, 0.5) is 0 Å². The minimum atomic E-state index is 0.257. The molecule has 1 aromatic rings. The SMILES string of the molecule is CC(C)(CN)CCCCOc1ccccc1Br. The van der Waals surface area contributed by atoms with Gasteiger partial charge in [-0.1, -0.05) is 26.0 Å². The average Bonchev–Trinajstić information content (AvgIpc) is 2.31. The van der Waals surface area contributed by atoms with E-state index < -0.39 is 0 Å². The minimum Gasteiger partial charge on any atom is -0.492 e. The molecule has 0 saturated heterocycles. The van der Waals surface area contributed by atoms with Gasteiger partial charge >= 0.3 is 0 Å². The lowest BCUT2D eigenvalue weighted by Crippen LogP contribution is -2.23. The Bertz CT molecular complexity index is 339. The Morgan fingerprint density at radius 3 is 2.59 bits per heavy atom. The smallest absolute Gasteiger partial charge is 0.133 e. The molecule has 1 aromatic carbocycles. The average molecular weight is 300 g/mol. The minimum absolute atomic E-state index is 0.257. The van der Waals surface area contributed by atoms with Crippen molar-refractivity contribution >= 4 is 15.9 Å². The molecule has 0 bridgehead atoms. The number of rotatable bonds is 7. The normalized spacial score (nSPS) is 11.5. The topological polar surface area (TPSA) is 35.2 Å². The van der Waals surface area contributed by atoms with Crippen LogP contribution in [0.3, 0.4) is 0 Å². The Hall–Kier alpha value is -0.540. The van der Waals surface area contributed by atoms with Gasteiger partial charge in [0, 0.05) is 0 Å². The summed E-state index contributed by atoms with van der Waals surface area (Å²) < 4.78 is 6.72. The molecule has 0 amide bonds. The summed E-state index contributed by atoms with van der Waals surface area (Å²) in [5.74, 6) is 0.922. The number of unbranched alkanes of at least 4 members (excludes halogenated alkanes) is 1. The third-order valence-corrected chi connectivity index (χ3v) is 3.55. The molecule has 0 radical (unpaired) electrons. The van der Waals surface area contributed by atoms with Crippen LogP contribution in [-0.4, -0.2) is 13.2 Å². The number of nitrogens with two attached hydrogens (primary N) is 1. The lowest BCUT2D eigenvalue weighted by Gasteiger charge is -2.21. The Balaban J connectivity index is 2.19. The molecular formula is C14H22BrNO. The van der Waals surface area contributed by atoms with Crippen LogP contribution in [0.15, 0.2) is 28.7 Å². The molecule has 0 aliphatic carbocycles. The van der Waals surface area contributed by atoms with E-state index in [-0.39, 0.29) is 5.41 Å². The Labute approximate surface area is 113 Å². The number of hydrogen-bond acceptors (Lipinski definition) is 2. The molecule has 0 spiro atoms. The first-order chi connectivity index (χ1) is 8.05. The van der Waals surface area contributed by atoms with Crippen LogP contribution in [0.2, 0.25) is 0 Å². The van der Waals surface area contributed by atoms with Crippen LogP contribution in [0.25, 0.3) is 0 Å². The Morgan fingerprint density at radius 2 is 1.94 bits per heavy atom. The van der Waals surface area contributed by atoms with Crippen molar-refractivity contribution in [1.82, 2.24) is 0 Å². The maximum atomic E-state index is 5.71. The van der Waals surface area contributed by atoms with Crippen LogP contribution in [-0.2, 0) is 0 Å². The van der Waals surface area contributed by atoms with E-state index in [1.54, 1.807) is 0 Å². The van der Waals surface area contributed by atoms with Crippen LogP contribution >= 0.6 is 15.9 Å². The summed E-state index contributed by atoms with van der Waals surface area (Å²) in [6.07, 6.45) is 3.39. The van der Waals surface area contributed by atoms with E-state index in [4.69, 9.17) is 10.5 Å². The van der Waals surface area contributed by atoms with E-state index in [1.807, 2.05) is 24.3 Å². The van der Waals surface area contributed by atoms with Gasteiger partial charge in [-0.05, 0) is 59.3 Å². The maximum absolute atomic E-state index is 5.71. The van der Waals surface area contributed by atoms with Crippen molar-refractivity contribution in [3.63, 3.8) is 0 Å². The zero-order valence-corrected chi connectivity index (χ0v) is 12.3. The molecular weight excluding hydrogens is 278 g/mol. The highest BCUT2D eigenvalue weighted by molar-refractivity contribution is 9.10. The molecule has 0 aliphatic rings. The van der Waals surface area contributed by atoms with E-state index >= 15 is 0 Å². The molecule has 1 rings (SSSR count). The number of benzene rings is 1. The van der Waals surface area contributed by atoms with E-state index in [0.29, 0.717) is 0 Å². The molecule has 0 fully saturated rings. The molecule has 96 valence electrons. The van der Waals surface area contributed by atoms with Gasteiger partial charge in [0.1, 0.15) is 5.75 Å². The van der Waals surface area contributed by atoms with Gasteiger partial charge in [0.2, 0.25) is 0 Å². The first-order valence-electron chi connectivity index (χ1n) is 6.12. The van der Waals surface area contributed by atoms with Gasteiger partial charge in [0.05, 0.1) is 11.1 Å². The van der Waals surface area contributed by atoms with Crippen molar-refractivity contribution < 1.29 is 4.74 Å². The van der Waals surface area contributed by atoms with E-state index in [9.17, 15) is 0 Å². The van der Waals surface area contributed by atoms with Crippen molar-refractivity contribution in [2.45, 2.75) is 33.1 Å². The quantitative estimate of drug-likeness (QED) is 0.773. The van der Waals surface area contributed by atoms with E-state index in [0.717, 1.165) is 42.6 Å². The third-order valence-electron chi connectivity index (χ3n) is 2.89. The lowest BCUT2D eigenvalue weighted by atomic mass is 9.87. The standard InChI is InChI=1S/C14H22BrNO/c1-14(2,11-16)9-5-6-10-17-13-8-4-3-7-12(13)15/h3-4,7-8H,5-6,9-11,16H2,1-2H3. The largest absolute Gasteiger partial charge is 0.492 e. The molecule has 0 aliphatic heterocycles. The van der Waals surface area contributed by atoms with Crippen LogP contribution in [0.1, 0.15) is 33.1 Å². The first-order valence-corrected chi connectivity index (χ1v) is 6.92. The van der Waals surface area contributed by atoms with Gasteiger partial charge in [-0.15, -0.1) is 0 Å². The van der Waals surface area contributed by atoms with Crippen molar-refractivity contribution in [3.8, 4) is 5.75 Å². The number of ether oxygens (including phenoxy) is 1. The van der Waals surface area contributed by atoms with Gasteiger partial charge in [-0.25, -0.2) is 0 Å². The van der Waals surface area contributed by atoms with Crippen molar-refractivity contribution in [3.05, 3.63) is 28.7 Å². The number of halogens is 1. The molecule has 0 atom stereocenters. The maximum Gasteiger partial charge on any atom is 0.133 e. The predicted molar refractivity (Wildman–Crippen MR) is 76.3 cm³/mol. The Kier molecular flexibility index (Phi) is 6.00. The second kappa shape index (κ2) is 7.02. The summed E-state index contributed by atoms with van der Waals surface area (Å²) in [5, 5.41) is 0. The van der Waals surface area contributed by atoms with E-state index in [2.05, 4.69) is 29.8 Å². The van der Waals surface area contributed by atoms with Crippen LogP contribution in [0.5, 0.6) is 5.75 Å². The summed E-state index contributed by atoms with van der Waals surface area (Å²) in [4.78, 5) is 0. The highest BCUT2D eigenvalue weighted by Crippen LogP contribution is 2.25. The molecule has 2 nitrogen and oxygen atoms in total. The van der Waals surface area contributed by atoms with Gasteiger partial charge in [0.15, 0.2) is 0 Å².